The summed E-state index contributed by atoms with van der Waals surface area (Å²) in [6.45, 7) is 0.401. The summed E-state index contributed by atoms with van der Waals surface area (Å²) in [7, 11) is 1.33. The molecule has 2 heterocycles. The van der Waals surface area contributed by atoms with Gasteiger partial charge in [0.1, 0.15) is 11.1 Å². The molecule has 0 aliphatic carbocycles. The molecule has 1 atom stereocenters. The van der Waals surface area contributed by atoms with E-state index in [-0.39, 0.29) is 11.9 Å². The van der Waals surface area contributed by atoms with Gasteiger partial charge in [-0.3, -0.25) is 4.79 Å². The molecule has 3 rings (SSSR count). The summed E-state index contributed by atoms with van der Waals surface area (Å²) in [5.41, 5.74) is 1.65. The summed E-state index contributed by atoms with van der Waals surface area (Å²) in [6, 6.07) is 13.0. The van der Waals surface area contributed by atoms with Crippen LogP contribution in [0.1, 0.15) is 15.9 Å². The number of esters is 1. The molecule has 1 aromatic carbocycles. The van der Waals surface area contributed by atoms with Gasteiger partial charge in [0, 0.05) is 11.9 Å². The van der Waals surface area contributed by atoms with Gasteiger partial charge in [0.2, 0.25) is 0 Å². The SMILES string of the molecule is COC(=O)C1CN1C(=O)c1cccnc1SC/C=C/c1ccccc1. The van der Waals surface area contributed by atoms with Gasteiger partial charge in [-0.05, 0) is 17.7 Å². The van der Waals surface area contributed by atoms with E-state index < -0.39 is 6.04 Å². The molecule has 1 fully saturated rings. The van der Waals surface area contributed by atoms with Crippen molar-refractivity contribution in [1.82, 2.24) is 9.88 Å². The van der Waals surface area contributed by atoms with E-state index in [1.54, 1.807) is 18.3 Å². The molecule has 1 aliphatic rings. The van der Waals surface area contributed by atoms with Gasteiger partial charge in [0.05, 0.1) is 19.2 Å². The minimum absolute atomic E-state index is 0.182. The highest BCUT2D eigenvalue weighted by atomic mass is 32.2. The predicted molar refractivity (Wildman–Crippen MR) is 97.3 cm³/mol. The Bertz CT molecular complexity index is 792. The van der Waals surface area contributed by atoms with E-state index in [9.17, 15) is 9.59 Å². The number of benzene rings is 1. The van der Waals surface area contributed by atoms with Gasteiger partial charge in [-0.25, -0.2) is 9.78 Å². The van der Waals surface area contributed by atoms with Gasteiger partial charge in [-0.1, -0.05) is 42.5 Å². The molecular formula is C19H18N2O3S. The Hall–Kier alpha value is -2.60. The van der Waals surface area contributed by atoms with Crippen LogP contribution in [0.25, 0.3) is 6.08 Å². The van der Waals surface area contributed by atoms with E-state index in [4.69, 9.17) is 0 Å². The summed E-state index contributed by atoms with van der Waals surface area (Å²) in [4.78, 5) is 29.9. The first-order valence-corrected chi connectivity index (χ1v) is 8.87. The first-order valence-electron chi connectivity index (χ1n) is 7.89. The lowest BCUT2D eigenvalue weighted by Crippen LogP contribution is -2.20. The van der Waals surface area contributed by atoms with Crippen molar-refractivity contribution in [2.75, 3.05) is 19.4 Å². The highest BCUT2D eigenvalue weighted by Gasteiger charge is 2.45. The number of thioether (sulfide) groups is 1. The quantitative estimate of drug-likeness (QED) is 0.453. The lowest BCUT2D eigenvalue weighted by Gasteiger charge is -2.07. The third-order valence-corrected chi connectivity index (χ3v) is 4.73. The largest absolute Gasteiger partial charge is 0.467 e. The maximum Gasteiger partial charge on any atom is 0.330 e. The molecule has 0 radical (unpaired) electrons. The zero-order valence-corrected chi connectivity index (χ0v) is 14.6. The van der Waals surface area contributed by atoms with Gasteiger partial charge in [-0.15, -0.1) is 11.8 Å². The minimum Gasteiger partial charge on any atom is -0.467 e. The van der Waals surface area contributed by atoms with E-state index in [0.717, 1.165) is 5.56 Å². The molecule has 1 saturated heterocycles. The van der Waals surface area contributed by atoms with E-state index >= 15 is 0 Å². The lowest BCUT2D eigenvalue weighted by molar-refractivity contribution is -0.140. The van der Waals surface area contributed by atoms with E-state index in [0.29, 0.717) is 22.9 Å². The topological polar surface area (TPSA) is 59.3 Å². The zero-order chi connectivity index (χ0) is 17.6. The Balaban J connectivity index is 1.62. The number of ether oxygens (including phenoxy) is 1. The van der Waals surface area contributed by atoms with Crippen LogP contribution < -0.4 is 0 Å². The molecule has 1 aliphatic heterocycles. The summed E-state index contributed by atoms with van der Waals surface area (Å²) in [5.74, 6) is 0.141. The van der Waals surface area contributed by atoms with Gasteiger partial charge >= 0.3 is 5.97 Å². The fraction of sp³-hybridized carbons (Fsp3) is 0.211. The van der Waals surface area contributed by atoms with Gasteiger partial charge < -0.3 is 9.64 Å². The third kappa shape index (κ3) is 4.28. The molecule has 6 heteroatoms. The zero-order valence-electron chi connectivity index (χ0n) is 13.8. The highest BCUT2D eigenvalue weighted by molar-refractivity contribution is 7.99. The Morgan fingerprint density at radius 2 is 2.08 bits per heavy atom. The second-order valence-corrected chi connectivity index (χ2v) is 6.49. The molecule has 2 aromatic rings. The average molecular weight is 354 g/mol. The van der Waals surface area contributed by atoms with Crippen LogP contribution in [0, 0.1) is 0 Å². The van der Waals surface area contributed by atoms with Crippen LogP contribution in [-0.2, 0) is 9.53 Å². The van der Waals surface area contributed by atoms with Crippen LogP contribution in [0.4, 0.5) is 0 Å². The van der Waals surface area contributed by atoms with Crippen molar-refractivity contribution in [3.8, 4) is 0 Å². The first-order chi connectivity index (χ1) is 12.2. The first kappa shape index (κ1) is 17.2. The van der Waals surface area contributed by atoms with Crippen molar-refractivity contribution in [2.24, 2.45) is 0 Å². The Labute approximate surface area is 150 Å². The van der Waals surface area contributed by atoms with Crippen LogP contribution in [-0.4, -0.2) is 47.2 Å². The molecule has 0 bridgehead atoms. The van der Waals surface area contributed by atoms with E-state index in [1.165, 1.54) is 23.8 Å². The number of nitrogens with zero attached hydrogens (tertiary/aromatic N) is 2. The van der Waals surface area contributed by atoms with Crippen LogP contribution in [0.15, 0.2) is 59.8 Å². The number of carbonyl (C=O) groups excluding carboxylic acids is 2. The molecule has 0 saturated carbocycles. The van der Waals surface area contributed by atoms with E-state index in [1.807, 2.05) is 42.5 Å². The van der Waals surface area contributed by atoms with Crippen molar-refractivity contribution < 1.29 is 14.3 Å². The second-order valence-electron chi connectivity index (χ2n) is 5.48. The third-order valence-electron chi connectivity index (χ3n) is 3.77. The number of methoxy groups -OCH3 is 1. The number of rotatable bonds is 6. The Kier molecular flexibility index (Phi) is 5.50. The van der Waals surface area contributed by atoms with Gasteiger partial charge in [0.25, 0.3) is 5.91 Å². The molecule has 1 aromatic heterocycles. The van der Waals surface area contributed by atoms with Crippen LogP contribution >= 0.6 is 11.8 Å². The van der Waals surface area contributed by atoms with Crippen LogP contribution in [0.3, 0.4) is 0 Å². The van der Waals surface area contributed by atoms with Gasteiger partial charge in [0.15, 0.2) is 0 Å². The number of hydrogen-bond acceptors (Lipinski definition) is 5. The molecule has 1 unspecified atom stereocenters. The minimum atomic E-state index is -0.464. The summed E-state index contributed by atoms with van der Waals surface area (Å²) in [5, 5.41) is 0.667. The van der Waals surface area contributed by atoms with Crippen molar-refractivity contribution in [3.05, 3.63) is 65.9 Å². The maximum absolute atomic E-state index is 12.6. The Morgan fingerprint density at radius 3 is 2.84 bits per heavy atom. The molecular weight excluding hydrogens is 336 g/mol. The van der Waals surface area contributed by atoms with Crippen molar-refractivity contribution in [1.29, 1.82) is 0 Å². The molecule has 0 N–H and O–H groups in total. The summed E-state index contributed by atoms with van der Waals surface area (Å²) in [6.07, 6.45) is 5.74. The predicted octanol–water partition coefficient (Wildman–Crippen LogP) is 2.88. The molecule has 5 nitrogen and oxygen atoms in total. The molecule has 1 amide bonds. The smallest absolute Gasteiger partial charge is 0.330 e. The standard InChI is InChI=1S/C19H18N2O3S/c1-24-19(23)16-13-21(16)18(22)15-10-5-11-20-17(15)25-12-6-9-14-7-3-2-4-8-14/h2-11,16H,12-13H2,1H3/b9-6+. The van der Waals surface area contributed by atoms with Crippen LogP contribution in [0.5, 0.6) is 0 Å². The monoisotopic (exact) mass is 354 g/mol. The number of hydrogen-bond donors (Lipinski definition) is 0. The number of aromatic nitrogens is 1. The maximum atomic E-state index is 12.6. The van der Waals surface area contributed by atoms with Gasteiger partial charge in [-0.2, -0.15) is 0 Å². The molecule has 0 spiro atoms. The van der Waals surface area contributed by atoms with Crippen molar-refractivity contribution >= 4 is 29.7 Å². The summed E-state index contributed by atoms with van der Waals surface area (Å²) < 4.78 is 4.68. The average Bonchev–Trinajstić information content (AvgIpc) is 3.46. The summed E-state index contributed by atoms with van der Waals surface area (Å²) >= 11 is 1.49. The number of carbonyl (C=O) groups is 2. The van der Waals surface area contributed by atoms with Crippen LogP contribution in [0.2, 0.25) is 0 Å². The van der Waals surface area contributed by atoms with E-state index in [2.05, 4.69) is 9.72 Å². The molecule has 25 heavy (non-hydrogen) atoms. The molecule has 128 valence electrons. The normalized spacial score (nSPS) is 16.0. The number of pyridine rings is 1. The number of amides is 1. The van der Waals surface area contributed by atoms with Crippen molar-refractivity contribution in [3.63, 3.8) is 0 Å². The highest BCUT2D eigenvalue weighted by Crippen LogP contribution is 2.27. The van der Waals surface area contributed by atoms with Crippen molar-refractivity contribution in [2.45, 2.75) is 11.1 Å². The fourth-order valence-corrected chi connectivity index (χ4v) is 3.20. The second kappa shape index (κ2) is 7.98. The Morgan fingerprint density at radius 1 is 1.28 bits per heavy atom. The lowest BCUT2D eigenvalue weighted by atomic mass is 10.2. The fourth-order valence-electron chi connectivity index (χ4n) is 2.40.